The molecular weight excluding hydrogens is 567 g/mol. The molecule has 0 aliphatic carbocycles. The van der Waals surface area contributed by atoms with Crippen LogP contribution in [0.15, 0.2) is 84.0 Å². The predicted octanol–water partition coefficient (Wildman–Crippen LogP) is 5.80. The van der Waals surface area contributed by atoms with Gasteiger partial charge in [0.05, 0.1) is 22.5 Å². The van der Waals surface area contributed by atoms with Crippen LogP contribution in [-0.2, 0) is 11.3 Å². The van der Waals surface area contributed by atoms with E-state index < -0.39 is 5.91 Å². The first-order chi connectivity index (χ1) is 21.0. The third-order valence-corrected chi connectivity index (χ3v) is 8.11. The molecule has 0 bridgehead atoms. The summed E-state index contributed by atoms with van der Waals surface area (Å²) in [5.41, 5.74) is 2.74. The Morgan fingerprint density at radius 3 is 2.53 bits per heavy atom. The van der Waals surface area contributed by atoms with Gasteiger partial charge in [0.1, 0.15) is 17.3 Å². The van der Waals surface area contributed by atoms with Crippen molar-refractivity contribution < 1.29 is 18.7 Å². The molecule has 2 N–H and O–H groups in total. The van der Waals surface area contributed by atoms with Crippen LogP contribution >= 0.6 is 11.8 Å². The van der Waals surface area contributed by atoms with E-state index in [1.807, 2.05) is 54.6 Å². The first-order valence-electron chi connectivity index (χ1n) is 14.0. The number of carbonyl (C=O) groups excluding carboxylic acids is 2. The number of hydrogen-bond acceptors (Lipinski definition) is 9. The van der Waals surface area contributed by atoms with Crippen LogP contribution in [0.4, 0.5) is 15.1 Å². The fourth-order valence-electron chi connectivity index (χ4n) is 4.99. The van der Waals surface area contributed by atoms with Gasteiger partial charge in [-0.1, -0.05) is 18.2 Å². The van der Waals surface area contributed by atoms with Crippen LogP contribution in [0, 0.1) is 11.7 Å². The number of hydrogen-bond donors (Lipinski definition) is 2. The highest BCUT2D eigenvalue weighted by Gasteiger charge is 2.26. The zero-order valence-electron chi connectivity index (χ0n) is 23.2. The van der Waals surface area contributed by atoms with E-state index in [9.17, 15) is 14.0 Å². The highest BCUT2D eigenvalue weighted by atomic mass is 32.2. The van der Waals surface area contributed by atoms with Crippen LogP contribution in [0.3, 0.4) is 0 Å². The monoisotopic (exact) mass is 596 g/mol. The summed E-state index contributed by atoms with van der Waals surface area (Å²) in [5.74, 6) is 1.78. The van der Waals surface area contributed by atoms with Crippen molar-refractivity contribution in [2.75, 3.05) is 24.5 Å². The predicted molar refractivity (Wildman–Crippen MR) is 164 cm³/mol. The maximum atomic E-state index is 14.6. The number of thioether (sulfide) groups is 1. The van der Waals surface area contributed by atoms with Crippen LogP contribution in [0.5, 0.6) is 11.5 Å². The molecule has 2 fully saturated rings. The number of carbonyl (C=O) groups is 2. The van der Waals surface area contributed by atoms with Gasteiger partial charge in [-0.2, -0.15) is 0 Å². The fourth-order valence-corrected chi connectivity index (χ4v) is 5.66. The van der Waals surface area contributed by atoms with Crippen molar-refractivity contribution in [3.05, 3.63) is 101 Å². The van der Waals surface area contributed by atoms with Crippen molar-refractivity contribution >= 4 is 34.9 Å². The number of piperidine rings is 1. The lowest BCUT2D eigenvalue weighted by molar-refractivity contribution is -0.115. The quantitative estimate of drug-likeness (QED) is 0.232. The molecule has 0 spiro atoms. The minimum Gasteiger partial charge on any atom is -0.457 e. The van der Waals surface area contributed by atoms with Crippen LogP contribution in [0.2, 0.25) is 0 Å². The molecule has 2 aliphatic heterocycles. The molecule has 218 valence electrons. The number of nitrogens with one attached hydrogen (secondary N) is 2. The third kappa shape index (κ3) is 7.25. The average molecular weight is 597 g/mol. The summed E-state index contributed by atoms with van der Waals surface area (Å²) in [5, 5.41) is 5.29. The molecule has 11 heteroatoms. The molecule has 6 rings (SSSR count). The van der Waals surface area contributed by atoms with Gasteiger partial charge in [0.15, 0.2) is 0 Å². The van der Waals surface area contributed by atoms with Crippen molar-refractivity contribution in [1.82, 2.24) is 25.6 Å². The molecule has 0 atom stereocenters. The van der Waals surface area contributed by atoms with E-state index in [4.69, 9.17) is 4.74 Å². The first-order valence-corrected chi connectivity index (χ1v) is 14.8. The van der Waals surface area contributed by atoms with Crippen LogP contribution in [0.1, 0.15) is 24.1 Å². The van der Waals surface area contributed by atoms with Gasteiger partial charge in [-0.3, -0.25) is 19.9 Å². The molecule has 9 nitrogen and oxygen atoms in total. The second kappa shape index (κ2) is 13.1. The summed E-state index contributed by atoms with van der Waals surface area (Å²) in [4.78, 5) is 39.0. The Labute approximate surface area is 252 Å². The van der Waals surface area contributed by atoms with Crippen molar-refractivity contribution in [2.45, 2.75) is 19.4 Å². The minimum absolute atomic E-state index is 0.323. The molecule has 4 aromatic rings. The molecule has 0 saturated carbocycles. The molecule has 0 unspecified atom stereocenters. The summed E-state index contributed by atoms with van der Waals surface area (Å²) in [6.07, 6.45) is 6.42. The highest BCUT2D eigenvalue weighted by molar-refractivity contribution is 8.18. The molecule has 2 saturated heterocycles. The molecule has 4 heterocycles. The third-order valence-electron chi connectivity index (χ3n) is 7.29. The first kappa shape index (κ1) is 28.5. The maximum Gasteiger partial charge on any atom is 0.290 e. The topological polar surface area (TPSA) is 109 Å². The Bertz CT molecular complexity index is 1640. The summed E-state index contributed by atoms with van der Waals surface area (Å²) >= 11 is 0.866. The number of para-hydroxylation sites is 1. The van der Waals surface area contributed by atoms with Gasteiger partial charge in [-0.25, -0.2) is 14.4 Å². The molecule has 43 heavy (non-hydrogen) atoms. The fraction of sp³-hybridized carbons (Fsp3) is 0.219. The summed E-state index contributed by atoms with van der Waals surface area (Å²) < 4.78 is 20.5. The SMILES string of the molecule is O=C1NC(=O)/C(=C/c2ccnc(N3CCC(CNCc4cc(-c5ccc(Oc6ccccc6)cc5)ncc4F)CC3)n2)S1. The van der Waals surface area contributed by atoms with Crippen molar-refractivity contribution in [1.29, 1.82) is 0 Å². The number of nitrogens with zero attached hydrogens (tertiary/aromatic N) is 4. The van der Waals surface area contributed by atoms with Gasteiger partial charge in [0, 0.05) is 37.0 Å². The standard InChI is InChI=1S/C32H29FN6O3S/c33-27-20-36-28(22-6-8-26(9-7-22)42-25-4-2-1-3-5-25)16-23(27)19-34-18-21-11-14-39(15-12-21)31-35-13-10-24(37-31)17-29-30(40)38-32(41)43-29/h1-10,13,16-17,20-21,34H,11-12,14-15,18-19H2,(H,38,40,41)/b29-17-. The lowest BCUT2D eigenvalue weighted by Gasteiger charge is -2.32. The van der Waals surface area contributed by atoms with Gasteiger partial charge in [-0.15, -0.1) is 0 Å². The van der Waals surface area contributed by atoms with E-state index >= 15 is 0 Å². The molecule has 2 aromatic carbocycles. The van der Waals surface area contributed by atoms with E-state index in [0.29, 0.717) is 40.3 Å². The Kier molecular flexibility index (Phi) is 8.71. The summed E-state index contributed by atoms with van der Waals surface area (Å²) in [7, 11) is 0. The van der Waals surface area contributed by atoms with Gasteiger partial charge in [0.2, 0.25) is 5.95 Å². The Morgan fingerprint density at radius 2 is 1.79 bits per heavy atom. The second-order valence-electron chi connectivity index (χ2n) is 10.3. The number of amides is 2. The summed E-state index contributed by atoms with van der Waals surface area (Å²) in [6, 6.07) is 20.7. The van der Waals surface area contributed by atoms with E-state index in [2.05, 4.69) is 30.5 Å². The molecule has 0 radical (unpaired) electrons. The average Bonchev–Trinajstić information content (AvgIpc) is 3.35. The van der Waals surface area contributed by atoms with Gasteiger partial charge >= 0.3 is 0 Å². The largest absolute Gasteiger partial charge is 0.457 e. The van der Waals surface area contributed by atoms with Crippen LogP contribution in [-0.4, -0.2) is 45.7 Å². The van der Waals surface area contributed by atoms with E-state index in [1.54, 1.807) is 24.4 Å². The van der Waals surface area contributed by atoms with E-state index in [1.165, 1.54) is 6.20 Å². The number of anilines is 1. The summed E-state index contributed by atoms with van der Waals surface area (Å²) in [6.45, 7) is 2.75. The molecular formula is C32H29FN6O3S. The Hall–Kier alpha value is -4.61. The maximum absolute atomic E-state index is 14.6. The number of rotatable bonds is 9. The number of ether oxygens (including phenoxy) is 1. The zero-order chi connectivity index (χ0) is 29.6. The van der Waals surface area contributed by atoms with E-state index in [-0.39, 0.29) is 11.1 Å². The Morgan fingerprint density at radius 1 is 1.02 bits per heavy atom. The lowest BCUT2D eigenvalue weighted by atomic mass is 9.97. The van der Waals surface area contributed by atoms with Crippen molar-refractivity contribution in [3.63, 3.8) is 0 Å². The van der Waals surface area contributed by atoms with Gasteiger partial charge in [0.25, 0.3) is 11.1 Å². The smallest absolute Gasteiger partial charge is 0.290 e. The molecule has 2 aliphatic rings. The minimum atomic E-state index is -0.408. The lowest BCUT2D eigenvalue weighted by Crippen LogP contribution is -2.38. The zero-order valence-corrected chi connectivity index (χ0v) is 24.0. The molecule has 2 aromatic heterocycles. The number of benzene rings is 2. The number of halogens is 1. The van der Waals surface area contributed by atoms with Crippen molar-refractivity contribution in [3.8, 4) is 22.8 Å². The van der Waals surface area contributed by atoms with Gasteiger partial charge in [-0.05, 0) is 91.7 Å². The van der Waals surface area contributed by atoms with E-state index in [0.717, 1.165) is 61.3 Å². The number of pyridine rings is 1. The van der Waals surface area contributed by atoms with Crippen molar-refractivity contribution in [2.24, 2.45) is 5.92 Å². The second-order valence-corrected chi connectivity index (χ2v) is 11.3. The van der Waals surface area contributed by atoms with Gasteiger partial charge < -0.3 is 15.0 Å². The Balaban J connectivity index is 0.998. The highest BCUT2D eigenvalue weighted by Crippen LogP contribution is 2.27. The molecule has 2 amide bonds. The van der Waals surface area contributed by atoms with Crippen LogP contribution < -0.4 is 20.3 Å². The number of imide groups is 1. The van der Waals surface area contributed by atoms with Crippen LogP contribution in [0.25, 0.3) is 17.3 Å². The normalized spacial score (nSPS) is 16.5. The number of aromatic nitrogens is 3.